The zero-order valence-electron chi connectivity index (χ0n) is 10.5. The Hall–Kier alpha value is -0.0400. The van der Waals surface area contributed by atoms with E-state index in [-0.39, 0.29) is 0 Å². The van der Waals surface area contributed by atoms with Crippen molar-refractivity contribution in [2.45, 2.75) is 64.8 Å². The lowest BCUT2D eigenvalue weighted by Crippen LogP contribution is -2.45. The van der Waals surface area contributed by atoms with Crippen molar-refractivity contribution in [2.75, 3.05) is 6.54 Å². The van der Waals surface area contributed by atoms with E-state index in [1.807, 2.05) is 0 Å². The molecule has 88 valence electrons. The fourth-order valence-corrected chi connectivity index (χ4v) is 3.40. The highest BCUT2D eigenvalue weighted by Gasteiger charge is 2.33. The SMILES string of the molecule is CCNC(C1CCC1)C1CCC(C)CC1. The van der Waals surface area contributed by atoms with Gasteiger partial charge in [0.2, 0.25) is 0 Å². The molecule has 1 atom stereocenters. The van der Waals surface area contributed by atoms with Crippen molar-refractivity contribution in [3.63, 3.8) is 0 Å². The molecule has 1 nitrogen and oxygen atoms in total. The molecular weight excluding hydrogens is 182 g/mol. The van der Waals surface area contributed by atoms with Gasteiger partial charge in [-0.1, -0.05) is 33.1 Å². The number of rotatable bonds is 4. The molecule has 2 fully saturated rings. The molecule has 15 heavy (non-hydrogen) atoms. The largest absolute Gasteiger partial charge is 0.314 e. The van der Waals surface area contributed by atoms with Gasteiger partial charge in [0.1, 0.15) is 0 Å². The van der Waals surface area contributed by atoms with Crippen LogP contribution in [0.15, 0.2) is 0 Å². The predicted molar refractivity (Wildman–Crippen MR) is 65.9 cm³/mol. The molecule has 1 heteroatoms. The van der Waals surface area contributed by atoms with Crippen molar-refractivity contribution in [3.05, 3.63) is 0 Å². The highest BCUT2D eigenvalue weighted by Crippen LogP contribution is 2.39. The lowest BCUT2D eigenvalue weighted by Gasteiger charge is -2.41. The molecule has 0 saturated heterocycles. The smallest absolute Gasteiger partial charge is 0.0123 e. The van der Waals surface area contributed by atoms with Crippen LogP contribution in [0.1, 0.15) is 58.8 Å². The fraction of sp³-hybridized carbons (Fsp3) is 1.00. The second-order valence-corrected chi connectivity index (χ2v) is 5.79. The van der Waals surface area contributed by atoms with Crippen molar-refractivity contribution in [2.24, 2.45) is 17.8 Å². The van der Waals surface area contributed by atoms with Crippen LogP contribution < -0.4 is 5.32 Å². The minimum atomic E-state index is 0.858. The molecular formula is C14H27N. The van der Waals surface area contributed by atoms with Crippen molar-refractivity contribution in [1.82, 2.24) is 5.32 Å². The van der Waals surface area contributed by atoms with Crippen LogP contribution in [0, 0.1) is 17.8 Å². The van der Waals surface area contributed by atoms with E-state index < -0.39 is 0 Å². The summed E-state index contributed by atoms with van der Waals surface area (Å²) in [5.41, 5.74) is 0. The third kappa shape index (κ3) is 2.75. The van der Waals surface area contributed by atoms with Gasteiger partial charge in [-0.2, -0.15) is 0 Å². The van der Waals surface area contributed by atoms with E-state index in [1.54, 1.807) is 0 Å². The van der Waals surface area contributed by atoms with Crippen molar-refractivity contribution >= 4 is 0 Å². The maximum Gasteiger partial charge on any atom is 0.0123 e. The average Bonchev–Trinajstić information content (AvgIpc) is 2.16. The monoisotopic (exact) mass is 209 g/mol. The minimum absolute atomic E-state index is 0.858. The van der Waals surface area contributed by atoms with E-state index in [1.165, 1.54) is 44.9 Å². The number of nitrogens with one attached hydrogen (secondary N) is 1. The van der Waals surface area contributed by atoms with E-state index in [0.29, 0.717) is 0 Å². The van der Waals surface area contributed by atoms with Crippen molar-refractivity contribution in [3.8, 4) is 0 Å². The van der Waals surface area contributed by atoms with Crippen LogP contribution in [-0.2, 0) is 0 Å². The molecule has 1 N–H and O–H groups in total. The van der Waals surface area contributed by atoms with Crippen molar-refractivity contribution in [1.29, 1.82) is 0 Å². The Bertz CT molecular complexity index is 178. The number of hydrogen-bond donors (Lipinski definition) is 1. The van der Waals surface area contributed by atoms with Gasteiger partial charge in [-0.3, -0.25) is 0 Å². The molecule has 0 aromatic carbocycles. The minimum Gasteiger partial charge on any atom is -0.314 e. The maximum atomic E-state index is 3.77. The first-order valence-electron chi connectivity index (χ1n) is 7.04. The molecule has 0 bridgehead atoms. The highest BCUT2D eigenvalue weighted by molar-refractivity contribution is 4.89. The second kappa shape index (κ2) is 5.34. The van der Waals surface area contributed by atoms with Gasteiger partial charge in [0, 0.05) is 6.04 Å². The molecule has 0 aromatic rings. The summed E-state index contributed by atoms with van der Waals surface area (Å²) in [4.78, 5) is 0. The topological polar surface area (TPSA) is 12.0 Å². The Morgan fingerprint density at radius 2 is 1.60 bits per heavy atom. The quantitative estimate of drug-likeness (QED) is 0.746. The van der Waals surface area contributed by atoms with Gasteiger partial charge in [0.15, 0.2) is 0 Å². The summed E-state index contributed by atoms with van der Waals surface area (Å²) in [6.45, 7) is 5.84. The van der Waals surface area contributed by atoms with Crippen LogP contribution in [-0.4, -0.2) is 12.6 Å². The lowest BCUT2D eigenvalue weighted by molar-refractivity contribution is 0.135. The van der Waals surface area contributed by atoms with Crippen LogP contribution in [0.5, 0.6) is 0 Å². The van der Waals surface area contributed by atoms with Gasteiger partial charge >= 0.3 is 0 Å². The normalized spacial score (nSPS) is 34.8. The van der Waals surface area contributed by atoms with E-state index in [2.05, 4.69) is 19.2 Å². The molecule has 0 aromatic heterocycles. The molecule has 2 aliphatic carbocycles. The maximum absolute atomic E-state index is 3.77. The van der Waals surface area contributed by atoms with Crippen LogP contribution in [0.4, 0.5) is 0 Å². The van der Waals surface area contributed by atoms with Crippen LogP contribution >= 0.6 is 0 Å². The Morgan fingerprint density at radius 1 is 1.00 bits per heavy atom. The predicted octanol–water partition coefficient (Wildman–Crippen LogP) is 3.59. The molecule has 2 rings (SSSR count). The standard InChI is InChI=1S/C14H27N/c1-3-15-14(12-5-4-6-12)13-9-7-11(2)8-10-13/h11-15H,3-10H2,1-2H3. The third-order valence-corrected chi connectivity index (χ3v) is 4.67. The summed E-state index contributed by atoms with van der Waals surface area (Å²) < 4.78 is 0. The Kier molecular flexibility index (Phi) is 4.07. The average molecular weight is 209 g/mol. The molecule has 2 aliphatic rings. The van der Waals surface area contributed by atoms with Gasteiger partial charge in [-0.25, -0.2) is 0 Å². The van der Waals surface area contributed by atoms with Gasteiger partial charge in [-0.05, 0) is 50.0 Å². The summed E-state index contributed by atoms with van der Waals surface area (Å²) >= 11 is 0. The van der Waals surface area contributed by atoms with E-state index in [9.17, 15) is 0 Å². The highest BCUT2D eigenvalue weighted by atomic mass is 14.9. The zero-order valence-corrected chi connectivity index (χ0v) is 10.5. The van der Waals surface area contributed by atoms with E-state index in [4.69, 9.17) is 0 Å². The van der Waals surface area contributed by atoms with Crippen LogP contribution in [0.2, 0.25) is 0 Å². The molecule has 0 heterocycles. The third-order valence-electron chi connectivity index (χ3n) is 4.67. The zero-order chi connectivity index (χ0) is 10.7. The molecule has 0 spiro atoms. The summed E-state index contributed by atoms with van der Waals surface area (Å²) in [5, 5.41) is 3.77. The van der Waals surface area contributed by atoms with Crippen LogP contribution in [0.25, 0.3) is 0 Å². The number of hydrogen-bond acceptors (Lipinski definition) is 1. The Morgan fingerprint density at radius 3 is 2.07 bits per heavy atom. The van der Waals surface area contributed by atoms with Gasteiger partial charge < -0.3 is 5.32 Å². The van der Waals surface area contributed by atoms with Gasteiger partial charge in [-0.15, -0.1) is 0 Å². The second-order valence-electron chi connectivity index (χ2n) is 5.79. The molecule has 2 saturated carbocycles. The van der Waals surface area contributed by atoms with Gasteiger partial charge in [0.25, 0.3) is 0 Å². The van der Waals surface area contributed by atoms with E-state index >= 15 is 0 Å². The summed E-state index contributed by atoms with van der Waals surface area (Å²) in [6.07, 6.45) is 10.4. The summed E-state index contributed by atoms with van der Waals surface area (Å²) in [7, 11) is 0. The van der Waals surface area contributed by atoms with Crippen molar-refractivity contribution < 1.29 is 0 Å². The molecule has 1 unspecified atom stereocenters. The summed E-state index contributed by atoms with van der Waals surface area (Å²) in [5.74, 6) is 3.00. The Labute approximate surface area is 95.0 Å². The first-order valence-corrected chi connectivity index (χ1v) is 7.04. The fourth-order valence-electron chi connectivity index (χ4n) is 3.40. The molecule has 0 aliphatic heterocycles. The lowest BCUT2D eigenvalue weighted by atomic mass is 9.69. The molecule has 0 radical (unpaired) electrons. The van der Waals surface area contributed by atoms with E-state index in [0.717, 1.165) is 30.3 Å². The molecule has 0 amide bonds. The first-order chi connectivity index (χ1) is 7.31. The first kappa shape index (κ1) is 11.4. The Balaban J connectivity index is 1.86. The summed E-state index contributed by atoms with van der Waals surface area (Å²) in [6, 6.07) is 0.858. The van der Waals surface area contributed by atoms with Gasteiger partial charge in [0.05, 0.1) is 0 Å². The van der Waals surface area contributed by atoms with Crippen LogP contribution in [0.3, 0.4) is 0 Å².